The van der Waals surface area contributed by atoms with Crippen molar-refractivity contribution in [2.45, 2.75) is 25.6 Å². The van der Waals surface area contributed by atoms with E-state index in [9.17, 15) is 15.0 Å². The Morgan fingerprint density at radius 1 is 1.47 bits per heavy atom. The van der Waals surface area contributed by atoms with Crippen LogP contribution in [0.1, 0.15) is 25.0 Å². The van der Waals surface area contributed by atoms with E-state index in [1.165, 1.54) is 0 Å². The van der Waals surface area contributed by atoms with E-state index in [0.29, 0.717) is 17.9 Å². The molecule has 0 heterocycles. The van der Waals surface area contributed by atoms with Crippen LogP contribution in [0.4, 0.5) is 0 Å². The number of carbonyl (C=O) groups is 1. The Bertz CT molecular complexity index is 381. The number of rotatable bonds is 6. The van der Waals surface area contributed by atoms with Crippen LogP contribution in [-0.2, 0) is 4.79 Å². The molecule has 5 nitrogen and oxygen atoms in total. The SMILES string of the molecule is CCOc1cccc(C(O)C(O)CC(N)=O)c1. The first kappa shape index (κ1) is 13.5. The van der Waals surface area contributed by atoms with Crippen molar-refractivity contribution >= 4 is 5.91 Å². The van der Waals surface area contributed by atoms with Gasteiger partial charge in [0.15, 0.2) is 0 Å². The lowest BCUT2D eigenvalue weighted by molar-refractivity contribution is -0.121. The summed E-state index contributed by atoms with van der Waals surface area (Å²) in [7, 11) is 0. The molecule has 0 aliphatic carbocycles. The van der Waals surface area contributed by atoms with Crippen LogP contribution >= 0.6 is 0 Å². The maximum atomic E-state index is 10.6. The lowest BCUT2D eigenvalue weighted by atomic mass is 10.0. The molecule has 2 unspecified atom stereocenters. The summed E-state index contributed by atoms with van der Waals surface area (Å²) in [6.07, 6.45) is -2.63. The van der Waals surface area contributed by atoms with Crippen molar-refractivity contribution in [2.24, 2.45) is 5.73 Å². The molecule has 1 aromatic rings. The molecule has 1 amide bonds. The van der Waals surface area contributed by atoms with Crippen LogP contribution in [-0.4, -0.2) is 28.8 Å². The van der Waals surface area contributed by atoms with Gasteiger partial charge in [-0.3, -0.25) is 4.79 Å². The van der Waals surface area contributed by atoms with Crippen LogP contribution in [0.25, 0.3) is 0 Å². The Hall–Kier alpha value is -1.59. The van der Waals surface area contributed by atoms with E-state index in [0.717, 1.165) is 0 Å². The Balaban J connectivity index is 2.76. The zero-order valence-corrected chi connectivity index (χ0v) is 9.67. The van der Waals surface area contributed by atoms with Gasteiger partial charge in [0.05, 0.1) is 19.1 Å². The first-order valence-electron chi connectivity index (χ1n) is 5.41. The molecular formula is C12H17NO4. The van der Waals surface area contributed by atoms with Crippen LogP contribution in [0.3, 0.4) is 0 Å². The molecule has 94 valence electrons. The molecular weight excluding hydrogens is 222 g/mol. The molecule has 0 saturated heterocycles. The van der Waals surface area contributed by atoms with Crippen molar-refractivity contribution in [2.75, 3.05) is 6.61 Å². The Morgan fingerprint density at radius 2 is 2.18 bits per heavy atom. The van der Waals surface area contributed by atoms with Gasteiger partial charge >= 0.3 is 0 Å². The fourth-order valence-electron chi connectivity index (χ4n) is 1.49. The van der Waals surface area contributed by atoms with Crippen LogP contribution < -0.4 is 10.5 Å². The second-order valence-corrected chi connectivity index (χ2v) is 3.69. The first-order valence-corrected chi connectivity index (χ1v) is 5.41. The highest BCUT2D eigenvalue weighted by molar-refractivity contribution is 5.74. The summed E-state index contributed by atoms with van der Waals surface area (Å²) in [5, 5.41) is 19.4. The lowest BCUT2D eigenvalue weighted by Crippen LogP contribution is -2.25. The number of hydrogen-bond donors (Lipinski definition) is 3. The first-order chi connectivity index (χ1) is 8.04. The molecule has 0 aliphatic rings. The van der Waals surface area contributed by atoms with Crippen molar-refractivity contribution in [3.63, 3.8) is 0 Å². The number of carbonyl (C=O) groups excluding carboxylic acids is 1. The van der Waals surface area contributed by atoms with Gasteiger partial charge in [-0.05, 0) is 24.6 Å². The minimum Gasteiger partial charge on any atom is -0.494 e. The minimum absolute atomic E-state index is 0.278. The molecule has 4 N–H and O–H groups in total. The molecule has 2 atom stereocenters. The standard InChI is InChI=1S/C12H17NO4/c1-2-17-9-5-3-4-8(6-9)12(16)10(14)7-11(13)15/h3-6,10,12,14,16H,2,7H2,1H3,(H2,13,15). The topological polar surface area (TPSA) is 92.8 Å². The van der Waals surface area contributed by atoms with Gasteiger partial charge in [0.1, 0.15) is 11.9 Å². The average Bonchev–Trinajstić information content (AvgIpc) is 2.28. The molecule has 0 aliphatic heterocycles. The third kappa shape index (κ3) is 4.05. The number of hydrogen-bond acceptors (Lipinski definition) is 4. The maximum absolute atomic E-state index is 10.6. The Kier molecular flexibility index (Phi) is 4.93. The number of benzene rings is 1. The normalized spacial score (nSPS) is 14.1. The van der Waals surface area contributed by atoms with Gasteiger partial charge in [-0.2, -0.15) is 0 Å². The average molecular weight is 239 g/mol. The minimum atomic E-state index is -1.20. The molecule has 1 aromatic carbocycles. The smallest absolute Gasteiger partial charge is 0.220 e. The molecule has 5 heteroatoms. The quantitative estimate of drug-likeness (QED) is 0.668. The monoisotopic (exact) mass is 239 g/mol. The summed E-state index contributed by atoms with van der Waals surface area (Å²) in [6.45, 7) is 2.37. The molecule has 17 heavy (non-hydrogen) atoms. The van der Waals surface area contributed by atoms with E-state index in [-0.39, 0.29) is 6.42 Å². The number of primary amides is 1. The fraction of sp³-hybridized carbons (Fsp3) is 0.417. The van der Waals surface area contributed by atoms with Crippen molar-refractivity contribution in [3.8, 4) is 5.75 Å². The van der Waals surface area contributed by atoms with Gasteiger partial charge in [-0.25, -0.2) is 0 Å². The van der Waals surface area contributed by atoms with E-state index in [2.05, 4.69) is 0 Å². The van der Waals surface area contributed by atoms with Crippen LogP contribution in [0.2, 0.25) is 0 Å². The van der Waals surface area contributed by atoms with Crippen molar-refractivity contribution < 1.29 is 19.7 Å². The Morgan fingerprint density at radius 3 is 2.76 bits per heavy atom. The third-order valence-corrected chi connectivity index (χ3v) is 2.29. The van der Waals surface area contributed by atoms with E-state index < -0.39 is 18.1 Å². The van der Waals surface area contributed by atoms with Gasteiger partial charge in [-0.15, -0.1) is 0 Å². The van der Waals surface area contributed by atoms with Gasteiger partial charge < -0.3 is 20.7 Å². The molecule has 0 radical (unpaired) electrons. The summed E-state index contributed by atoms with van der Waals surface area (Å²) in [6, 6.07) is 6.73. The molecule has 0 aromatic heterocycles. The highest BCUT2D eigenvalue weighted by Crippen LogP contribution is 2.23. The van der Waals surface area contributed by atoms with Crippen molar-refractivity contribution in [1.82, 2.24) is 0 Å². The fourth-order valence-corrected chi connectivity index (χ4v) is 1.49. The van der Waals surface area contributed by atoms with Gasteiger partial charge in [0.25, 0.3) is 0 Å². The van der Waals surface area contributed by atoms with Crippen molar-refractivity contribution in [1.29, 1.82) is 0 Å². The largest absolute Gasteiger partial charge is 0.494 e. The predicted octanol–water partition coefficient (Wildman–Crippen LogP) is 0.355. The second-order valence-electron chi connectivity index (χ2n) is 3.69. The van der Waals surface area contributed by atoms with Crippen LogP contribution in [0.5, 0.6) is 5.75 Å². The van der Waals surface area contributed by atoms with Gasteiger partial charge in [-0.1, -0.05) is 12.1 Å². The van der Waals surface area contributed by atoms with Crippen molar-refractivity contribution in [3.05, 3.63) is 29.8 Å². The number of aliphatic hydroxyl groups is 2. The number of nitrogens with two attached hydrogens (primary N) is 1. The molecule has 0 fully saturated rings. The van der Waals surface area contributed by atoms with E-state index >= 15 is 0 Å². The summed E-state index contributed by atoms with van der Waals surface area (Å²) in [5.41, 5.74) is 5.44. The van der Waals surface area contributed by atoms with Crippen LogP contribution in [0, 0.1) is 0 Å². The summed E-state index contributed by atoms with van der Waals surface area (Å²) in [5.74, 6) is -0.0483. The predicted molar refractivity (Wildman–Crippen MR) is 62.4 cm³/mol. The Labute approximate surface area is 99.8 Å². The highest BCUT2D eigenvalue weighted by atomic mass is 16.5. The number of ether oxygens (including phenoxy) is 1. The highest BCUT2D eigenvalue weighted by Gasteiger charge is 2.20. The second kappa shape index (κ2) is 6.22. The number of aliphatic hydroxyl groups excluding tert-OH is 2. The van der Waals surface area contributed by atoms with E-state index in [4.69, 9.17) is 10.5 Å². The summed E-state index contributed by atoms with van der Waals surface area (Å²) >= 11 is 0. The molecule has 1 rings (SSSR count). The van der Waals surface area contributed by atoms with Gasteiger partial charge in [0, 0.05) is 0 Å². The molecule has 0 spiro atoms. The van der Waals surface area contributed by atoms with E-state index in [1.54, 1.807) is 24.3 Å². The zero-order valence-electron chi connectivity index (χ0n) is 9.67. The summed E-state index contributed by atoms with van der Waals surface area (Å²) in [4.78, 5) is 10.6. The lowest BCUT2D eigenvalue weighted by Gasteiger charge is -2.17. The van der Waals surface area contributed by atoms with Crippen LogP contribution in [0.15, 0.2) is 24.3 Å². The zero-order chi connectivity index (χ0) is 12.8. The number of amides is 1. The maximum Gasteiger partial charge on any atom is 0.220 e. The molecule has 0 saturated carbocycles. The molecule has 0 bridgehead atoms. The van der Waals surface area contributed by atoms with Gasteiger partial charge in [0.2, 0.25) is 5.91 Å². The third-order valence-electron chi connectivity index (χ3n) is 2.29. The van der Waals surface area contributed by atoms with E-state index in [1.807, 2.05) is 6.92 Å². The summed E-state index contributed by atoms with van der Waals surface area (Å²) < 4.78 is 5.27.